The fraction of sp³-hybridized carbons (Fsp3) is 0.125. The Morgan fingerprint density at radius 2 is 2.04 bits per heavy atom. The van der Waals surface area contributed by atoms with Crippen LogP contribution in [0.25, 0.3) is 11.3 Å². The molecule has 23 heavy (non-hydrogen) atoms. The molecule has 0 bridgehead atoms. The lowest BCUT2D eigenvalue weighted by atomic mass is 10.1. The molecule has 0 radical (unpaired) electrons. The number of rotatable bonds is 2. The molecule has 2 aromatic heterocycles. The van der Waals surface area contributed by atoms with Crippen LogP contribution in [0.5, 0.6) is 5.88 Å². The first-order valence-corrected chi connectivity index (χ1v) is 8.29. The summed E-state index contributed by atoms with van der Waals surface area (Å²) < 4.78 is 6.09. The number of ether oxygens (including phenoxy) is 1. The third-order valence-corrected chi connectivity index (χ3v) is 4.04. The number of nitrogens with one attached hydrogen (secondary N) is 1. The molecule has 0 saturated carbocycles. The molecule has 4 rings (SSSR count). The quantitative estimate of drug-likeness (QED) is 0.726. The van der Waals surface area contributed by atoms with Crippen LogP contribution >= 0.6 is 11.8 Å². The number of aromatic nitrogens is 4. The average Bonchev–Trinajstić information content (AvgIpc) is 2.78. The van der Waals surface area contributed by atoms with Gasteiger partial charge in [0.15, 0.2) is 11.9 Å². The highest BCUT2D eigenvalue weighted by Gasteiger charge is 2.25. The van der Waals surface area contributed by atoms with Gasteiger partial charge >= 0.3 is 0 Å². The second-order valence-electron chi connectivity index (χ2n) is 4.93. The van der Waals surface area contributed by atoms with Crippen molar-refractivity contribution in [3.05, 3.63) is 54.4 Å². The molecular weight excluding hydrogens is 310 g/mol. The van der Waals surface area contributed by atoms with Crippen molar-refractivity contribution in [1.82, 2.24) is 20.2 Å². The van der Waals surface area contributed by atoms with Crippen molar-refractivity contribution in [1.29, 1.82) is 0 Å². The fourth-order valence-electron chi connectivity index (χ4n) is 2.42. The number of benzene rings is 1. The van der Waals surface area contributed by atoms with E-state index in [-0.39, 0.29) is 0 Å². The number of thioether (sulfide) groups is 1. The van der Waals surface area contributed by atoms with Gasteiger partial charge in [0, 0.05) is 29.2 Å². The molecule has 0 saturated heterocycles. The van der Waals surface area contributed by atoms with E-state index in [1.165, 1.54) is 11.8 Å². The molecule has 1 aliphatic rings. The monoisotopic (exact) mass is 323 g/mol. The summed E-state index contributed by atoms with van der Waals surface area (Å²) in [6, 6.07) is 11.7. The minimum atomic E-state index is -0.391. The molecule has 114 valence electrons. The van der Waals surface area contributed by atoms with Crippen LogP contribution in [0.15, 0.2) is 53.9 Å². The van der Waals surface area contributed by atoms with Crippen LogP contribution in [-0.4, -0.2) is 26.4 Å². The summed E-state index contributed by atoms with van der Waals surface area (Å²) in [4.78, 5) is 8.64. The van der Waals surface area contributed by atoms with E-state index >= 15 is 0 Å². The lowest BCUT2D eigenvalue weighted by Crippen LogP contribution is -2.17. The van der Waals surface area contributed by atoms with E-state index in [2.05, 4.69) is 25.5 Å². The normalized spacial score (nSPS) is 15.6. The summed E-state index contributed by atoms with van der Waals surface area (Å²) in [5, 5.41) is 12.4. The molecule has 3 heterocycles. The van der Waals surface area contributed by atoms with Gasteiger partial charge in [0.25, 0.3) is 0 Å². The molecule has 1 unspecified atom stereocenters. The third-order valence-electron chi connectivity index (χ3n) is 3.50. The van der Waals surface area contributed by atoms with Gasteiger partial charge in [-0.3, -0.25) is 4.98 Å². The number of pyridine rings is 1. The minimum Gasteiger partial charge on any atom is -0.448 e. The first-order chi connectivity index (χ1) is 11.3. The number of hydrogen-bond donors (Lipinski definition) is 1. The Balaban J connectivity index is 1.87. The molecule has 6 nitrogen and oxygen atoms in total. The molecule has 1 N–H and O–H groups in total. The Kier molecular flexibility index (Phi) is 3.55. The molecule has 0 aliphatic carbocycles. The second-order valence-corrected chi connectivity index (χ2v) is 5.70. The zero-order valence-corrected chi connectivity index (χ0v) is 13.1. The first kappa shape index (κ1) is 14.0. The zero-order valence-electron chi connectivity index (χ0n) is 12.3. The molecular formula is C16H13N5OS. The predicted molar refractivity (Wildman–Crippen MR) is 88.3 cm³/mol. The van der Waals surface area contributed by atoms with Gasteiger partial charge in [-0.15, -0.1) is 10.2 Å². The third kappa shape index (κ3) is 2.59. The summed E-state index contributed by atoms with van der Waals surface area (Å²) in [6.45, 7) is 0. The SMILES string of the molecule is CSc1nnc2c(n1)OC(c1cccnc1)Nc1ccccc1-2. The van der Waals surface area contributed by atoms with Gasteiger partial charge in [-0.25, -0.2) is 0 Å². The lowest BCUT2D eigenvalue weighted by Gasteiger charge is -2.18. The van der Waals surface area contributed by atoms with E-state index in [1.54, 1.807) is 12.4 Å². The summed E-state index contributed by atoms with van der Waals surface area (Å²) in [6.07, 6.45) is 5.02. The van der Waals surface area contributed by atoms with Crippen molar-refractivity contribution in [2.24, 2.45) is 0 Å². The summed E-state index contributed by atoms with van der Waals surface area (Å²) in [5.41, 5.74) is 3.39. The van der Waals surface area contributed by atoms with Crippen LogP contribution in [0.2, 0.25) is 0 Å². The summed E-state index contributed by atoms with van der Waals surface area (Å²) in [5.74, 6) is 0.468. The molecule has 0 spiro atoms. The van der Waals surface area contributed by atoms with Crippen LogP contribution in [0.4, 0.5) is 5.69 Å². The maximum absolute atomic E-state index is 6.09. The fourth-order valence-corrected chi connectivity index (χ4v) is 2.71. The van der Waals surface area contributed by atoms with Crippen molar-refractivity contribution in [3.8, 4) is 17.1 Å². The van der Waals surface area contributed by atoms with E-state index in [4.69, 9.17) is 4.74 Å². The highest BCUT2D eigenvalue weighted by atomic mass is 32.2. The van der Waals surface area contributed by atoms with Crippen LogP contribution in [0.1, 0.15) is 11.8 Å². The largest absolute Gasteiger partial charge is 0.448 e. The smallest absolute Gasteiger partial charge is 0.247 e. The van der Waals surface area contributed by atoms with Crippen molar-refractivity contribution in [2.45, 2.75) is 11.4 Å². The maximum Gasteiger partial charge on any atom is 0.247 e. The second kappa shape index (κ2) is 5.85. The highest BCUT2D eigenvalue weighted by Crippen LogP contribution is 2.39. The predicted octanol–water partition coefficient (Wildman–Crippen LogP) is 3.16. The summed E-state index contributed by atoms with van der Waals surface area (Å²) in [7, 11) is 0. The Bertz CT molecular complexity index is 843. The number of hydrogen-bond acceptors (Lipinski definition) is 7. The van der Waals surface area contributed by atoms with Gasteiger partial charge in [0.1, 0.15) is 0 Å². The molecule has 1 aliphatic heterocycles. The zero-order chi connectivity index (χ0) is 15.6. The maximum atomic E-state index is 6.09. The van der Waals surface area contributed by atoms with Crippen molar-refractivity contribution in [3.63, 3.8) is 0 Å². The van der Waals surface area contributed by atoms with Crippen molar-refractivity contribution in [2.75, 3.05) is 11.6 Å². The topological polar surface area (TPSA) is 72.8 Å². The van der Waals surface area contributed by atoms with E-state index in [9.17, 15) is 0 Å². The molecule has 1 aromatic carbocycles. The number of nitrogens with zero attached hydrogens (tertiary/aromatic N) is 4. The molecule has 7 heteroatoms. The van der Waals surface area contributed by atoms with E-state index in [1.807, 2.05) is 42.7 Å². The Morgan fingerprint density at radius 1 is 1.13 bits per heavy atom. The number of fused-ring (bicyclic) bond motifs is 3. The van der Waals surface area contributed by atoms with E-state index < -0.39 is 6.23 Å². The average molecular weight is 323 g/mol. The highest BCUT2D eigenvalue weighted by molar-refractivity contribution is 7.98. The van der Waals surface area contributed by atoms with Crippen LogP contribution in [-0.2, 0) is 0 Å². The Labute approximate surface area is 137 Å². The van der Waals surface area contributed by atoms with Gasteiger partial charge in [-0.2, -0.15) is 4.98 Å². The Hall–Kier alpha value is -2.67. The molecule has 3 aromatic rings. The van der Waals surface area contributed by atoms with Gasteiger partial charge in [0.2, 0.25) is 11.0 Å². The van der Waals surface area contributed by atoms with Crippen LogP contribution in [0.3, 0.4) is 0 Å². The van der Waals surface area contributed by atoms with Crippen LogP contribution < -0.4 is 10.1 Å². The van der Waals surface area contributed by atoms with Crippen molar-refractivity contribution < 1.29 is 4.74 Å². The van der Waals surface area contributed by atoms with E-state index in [0.717, 1.165) is 16.8 Å². The van der Waals surface area contributed by atoms with Crippen LogP contribution in [0, 0.1) is 0 Å². The molecule has 1 atom stereocenters. The Morgan fingerprint density at radius 3 is 2.87 bits per heavy atom. The minimum absolute atomic E-state index is 0.391. The number of anilines is 1. The van der Waals surface area contributed by atoms with Crippen molar-refractivity contribution >= 4 is 17.4 Å². The van der Waals surface area contributed by atoms with E-state index in [0.29, 0.717) is 16.7 Å². The standard InChI is InChI=1S/C16H13N5OS/c1-23-16-19-15-13(20-21-16)11-6-2-3-7-12(11)18-14(22-15)10-5-4-8-17-9-10/h2-9,14,18H,1H3. The molecule has 0 fully saturated rings. The summed E-state index contributed by atoms with van der Waals surface area (Å²) >= 11 is 1.43. The van der Waals surface area contributed by atoms with Gasteiger partial charge < -0.3 is 10.1 Å². The van der Waals surface area contributed by atoms with Gasteiger partial charge in [-0.1, -0.05) is 36.0 Å². The lowest BCUT2D eigenvalue weighted by molar-refractivity contribution is 0.225. The number of para-hydroxylation sites is 1. The molecule has 0 amide bonds. The van der Waals surface area contributed by atoms with Gasteiger partial charge in [-0.05, 0) is 18.4 Å². The first-order valence-electron chi connectivity index (χ1n) is 7.06. The van der Waals surface area contributed by atoms with Gasteiger partial charge in [0.05, 0.1) is 0 Å².